The Kier molecular flexibility index (Phi) is 5.56. The fourth-order valence-electron chi connectivity index (χ4n) is 1.19. The zero-order valence-electron chi connectivity index (χ0n) is 9.42. The number of nitrogens with one attached hydrogen (secondary N) is 3. The number of carbonyl (C=O) groups is 2. The van der Waals surface area contributed by atoms with Gasteiger partial charge in [0.15, 0.2) is 0 Å². The van der Waals surface area contributed by atoms with Crippen LogP contribution in [0.15, 0.2) is 12.7 Å². The molecule has 1 rings (SSSR count). The van der Waals surface area contributed by atoms with Crippen LogP contribution in [0.1, 0.15) is 19.3 Å². The zero-order chi connectivity index (χ0) is 11.8. The van der Waals surface area contributed by atoms with E-state index in [0.717, 1.165) is 12.8 Å². The first-order valence-electron chi connectivity index (χ1n) is 5.60. The summed E-state index contributed by atoms with van der Waals surface area (Å²) in [6.45, 7) is 4.79. The first-order valence-corrected chi connectivity index (χ1v) is 5.60. The third kappa shape index (κ3) is 6.19. The summed E-state index contributed by atoms with van der Waals surface area (Å²) in [4.78, 5) is 22.4. The molecule has 0 spiro atoms. The largest absolute Gasteiger partial charge is 0.354 e. The Morgan fingerprint density at radius 3 is 2.69 bits per heavy atom. The van der Waals surface area contributed by atoms with Crippen LogP contribution >= 0.6 is 0 Å². The number of hydrogen-bond acceptors (Lipinski definition) is 3. The minimum Gasteiger partial charge on any atom is -0.354 e. The molecule has 0 aliphatic heterocycles. The Bertz CT molecular complexity index is 262. The van der Waals surface area contributed by atoms with Crippen molar-refractivity contribution >= 4 is 11.8 Å². The van der Waals surface area contributed by atoms with Crippen molar-refractivity contribution in [1.29, 1.82) is 0 Å². The number of rotatable bonds is 8. The highest BCUT2D eigenvalue weighted by Gasteiger charge is 2.22. The monoisotopic (exact) mass is 225 g/mol. The summed E-state index contributed by atoms with van der Waals surface area (Å²) < 4.78 is 0. The summed E-state index contributed by atoms with van der Waals surface area (Å²) in [5.74, 6) is -0.0806. The summed E-state index contributed by atoms with van der Waals surface area (Å²) in [5.41, 5.74) is 0. The van der Waals surface area contributed by atoms with Crippen molar-refractivity contribution in [3.8, 4) is 0 Å². The molecule has 1 aliphatic rings. The van der Waals surface area contributed by atoms with E-state index in [0.29, 0.717) is 25.6 Å². The van der Waals surface area contributed by atoms with E-state index in [9.17, 15) is 9.59 Å². The molecular formula is C11H19N3O2. The van der Waals surface area contributed by atoms with E-state index < -0.39 is 0 Å². The van der Waals surface area contributed by atoms with Gasteiger partial charge in [0, 0.05) is 25.6 Å². The minimum atomic E-state index is -0.0962. The molecule has 5 heteroatoms. The van der Waals surface area contributed by atoms with Gasteiger partial charge in [-0.2, -0.15) is 0 Å². The fraction of sp³-hybridized carbons (Fsp3) is 0.636. The molecule has 90 valence electrons. The molecule has 1 saturated carbocycles. The van der Waals surface area contributed by atoms with Gasteiger partial charge in [-0.25, -0.2) is 0 Å². The van der Waals surface area contributed by atoms with Gasteiger partial charge in [0.2, 0.25) is 11.8 Å². The lowest BCUT2D eigenvalue weighted by Gasteiger charge is -2.05. The van der Waals surface area contributed by atoms with Gasteiger partial charge in [-0.3, -0.25) is 9.59 Å². The van der Waals surface area contributed by atoms with Crippen LogP contribution in [0.2, 0.25) is 0 Å². The molecule has 0 aromatic heterocycles. The highest BCUT2D eigenvalue weighted by Crippen LogP contribution is 2.18. The lowest BCUT2D eigenvalue weighted by Crippen LogP contribution is -2.36. The quantitative estimate of drug-likeness (QED) is 0.387. The molecule has 0 aromatic rings. The smallest absolute Gasteiger partial charge is 0.233 e. The Morgan fingerprint density at radius 2 is 2.06 bits per heavy atom. The normalized spacial score (nSPS) is 14.2. The molecule has 1 fully saturated rings. The van der Waals surface area contributed by atoms with Crippen LogP contribution in [0.25, 0.3) is 0 Å². The molecule has 0 heterocycles. The Balaban J connectivity index is 1.94. The van der Waals surface area contributed by atoms with Crippen molar-refractivity contribution in [2.24, 2.45) is 0 Å². The Morgan fingerprint density at radius 1 is 1.31 bits per heavy atom. The molecule has 0 atom stereocenters. The third-order valence-corrected chi connectivity index (χ3v) is 2.19. The van der Waals surface area contributed by atoms with E-state index >= 15 is 0 Å². The van der Waals surface area contributed by atoms with Crippen molar-refractivity contribution in [1.82, 2.24) is 16.0 Å². The second kappa shape index (κ2) is 7.00. The highest BCUT2D eigenvalue weighted by molar-refractivity contribution is 5.80. The molecule has 0 radical (unpaired) electrons. The second-order valence-electron chi connectivity index (χ2n) is 3.86. The van der Waals surface area contributed by atoms with E-state index in [1.54, 1.807) is 6.08 Å². The van der Waals surface area contributed by atoms with Gasteiger partial charge in [0.05, 0.1) is 6.54 Å². The zero-order valence-corrected chi connectivity index (χ0v) is 9.42. The molecule has 3 N–H and O–H groups in total. The van der Waals surface area contributed by atoms with Crippen LogP contribution in [0.5, 0.6) is 0 Å². The van der Waals surface area contributed by atoms with Crippen LogP contribution in [0.3, 0.4) is 0 Å². The molecule has 2 amide bonds. The Labute approximate surface area is 95.7 Å². The van der Waals surface area contributed by atoms with Crippen molar-refractivity contribution in [3.63, 3.8) is 0 Å². The average Bonchev–Trinajstić information content (AvgIpc) is 3.02. The van der Waals surface area contributed by atoms with Gasteiger partial charge < -0.3 is 16.0 Å². The molecule has 0 bridgehead atoms. The topological polar surface area (TPSA) is 70.2 Å². The number of amides is 2. The molecule has 5 nitrogen and oxygen atoms in total. The van der Waals surface area contributed by atoms with Gasteiger partial charge >= 0.3 is 0 Å². The van der Waals surface area contributed by atoms with Crippen LogP contribution in [0.4, 0.5) is 0 Å². The average molecular weight is 225 g/mol. The summed E-state index contributed by atoms with van der Waals surface area (Å²) in [5, 5.41) is 8.41. The first kappa shape index (κ1) is 12.7. The maximum Gasteiger partial charge on any atom is 0.233 e. The molecule has 1 aliphatic carbocycles. The molecule has 0 saturated heterocycles. The van der Waals surface area contributed by atoms with E-state index in [2.05, 4.69) is 22.5 Å². The fourth-order valence-corrected chi connectivity index (χ4v) is 1.19. The number of hydrogen-bond donors (Lipinski definition) is 3. The third-order valence-electron chi connectivity index (χ3n) is 2.19. The van der Waals surface area contributed by atoms with Gasteiger partial charge in [0.1, 0.15) is 0 Å². The van der Waals surface area contributed by atoms with Gasteiger partial charge in [0.25, 0.3) is 0 Å². The summed E-state index contributed by atoms with van der Waals surface area (Å²) in [6.07, 6.45) is 4.22. The SMILES string of the molecule is C=CCNCC(=O)NCCC(=O)NC1CC1. The summed E-state index contributed by atoms with van der Waals surface area (Å²) in [6, 6.07) is 0.387. The second-order valence-corrected chi connectivity index (χ2v) is 3.86. The van der Waals surface area contributed by atoms with Crippen molar-refractivity contribution in [2.75, 3.05) is 19.6 Å². The standard InChI is InChI=1S/C11H19N3O2/c1-2-6-12-8-11(16)13-7-5-10(15)14-9-3-4-9/h2,9,12H,1,3-8H2,(H,13,16)(H,14,15). The van der Waals surface area contributed by atoms with Gasteiger partial charge in [-0.15, -0.1) is 6.58 Å². The Hall–Kier alpha value is -1.36. The van der Waals surface area contributed by atoms with Crippen LogP contribution in [0, 0.1) is 0 Å². The van der Waals surface area contributed by atoms with E-state index in [-0.39, 0.29) is 18.4 Å². The summed E-state index contributed by atoms with van der Waals surface area (Å²) in [7, 11) is 0. The molecule has 0 unspecified atom stereocenters. The van der Waals surface area contributed by atoms with Crippen LogP contribution in [-0.2, 0) is 9.59 Å². The summed E-state index contributed by atoms with van der Waals surface area (Å²) >= 11 is 0. The predicted octanol–water partition coefficient (Wildman–Crippen LogP) is -0.453. The lowest BCUT2D eigenvalue weighted by atomic mass is 10.4. The van der Waals surface area contributed by atoms with Crippen molar-refractivity contribution in [3.05, 3.63) is 12.7 Å². The van der Waals surface area contributed by atoms with E-state index in [4.69, 9.17) is 0 Å². The lowest BCUT2D eigenvalue weighted by molar-refractivity contribution is -0.122. The van der Waals surface area contributed by atoms with Crippen LogP contribution < -0.4 is 16.0 Å². The maximum absolute atomic E-state index is 11.2. The van der Waals surface area contributed by atoms with Gasteiger partial charge in [-0.1, -0.05) is 6.08 Å². The van der Waals surface area contributed by atoms with Crippen molar-refractivity contribution in [2.45, 2.75) is 25.3 Å². The molecule has 0 aromatic carbocycles. The predicted molar refractivity (Wildman–Crippen MR) is 61.9 cm³/mol. The van der Waals surface area contributed by atoms with Crippen LogP contribution in [-0.4, -0.2) is 37.5 Å². The molecule has 16 heavy (non-hydrogen) atoms. The van der Waals surface area contributed by atoms with E-state index in [1.165, 1.54) is 0 Å². The highest BCUT2D eigenvalue weighted by atomic mass is 16.2. The van der Waals surface area contributed by atoms with Gasteiger partial charge in [-0.05, 0) is 12.8 Å². The number of carbonyl (C=O) groups excluding carboxylic acids is 2. The van der Waals surface area contributed by atoms with E-state index in [1.807, 2.05) is 0 Å². The molecular weight excluding hydrogens is 206 g/mol. The van der Waals surface area contributed by atoms with Crippen molar-refractivity contribution < 1.29 is 9.59 Å². The first-order chi connectivity index (χ1) is 7.72. The maximum atomic E-state index is 11.2. The minimum absolute atomic E-state index is 0.0156.